The van der Waals surface area contributed by atoms with E-state index in [0.29, 0.717) is 24.8 Å². The lowest BCUT2D eigenvalue weighted by Crippen LogP contribution is -2.32. The third-order valence-electron chi connectivity index (χ3n) is 5.14. The first-order valence-electron chi connectivity index (χ1n) is 8.70. The monoisotopic (exact) mass is 314 g/mol. The summed E-state index contributed by atoms with van der Waals surface area (Å²) in [5.74, 6) is 0.778. The second-order valence-electron chi connectivity index (χ2n) is 6.65. The molecule has 2 unspecified atom stereocenters. The van der Waals surface area contributed by atoms with E-state index in [-0.39, 0.29) is 12.5 Å². The number of aliphatic hydroxyl groups is 1. The molecule has 0 spiro atoms. The molecular formula is C19H26N2O2. The van der Waals surface area contributed by atoms with Gasteiger partial charge in [-0.05, 0) is 42.7 Å². The highest BCUT2D eigenvalue weighted by Gasteiger charge is 2.26. The van der Waals surface area contributed by atoms with E-state index in [2.05, 4.69) is 22.4 Å². The molecular weight excluding hydrogens is 288 g/mol. The average molecular weight is 314 g/mol. The highest BCUT2D eigenvalue weighted by atomic mass is 16.3. The van der Waals surface area contributed by atoms with Crippen LogP contribution in [0.15, 0.2) is 30.5 Å². The second kappa shape index (κ2) is 7.64. The molecule has 1 amide bonds. The van der Waals surface area contributed by atoms with Crippen LogP contribution in [0.25, 0.3) is 10.9 Å². The van der Waals surface area contributed by atoms with Gasteiger partial charge in [0.2, 0.25) is 5.91 Å². The number of nitrogens with one attached hydrogen (secondary N) is 2. The Morgan fingerprint density at radius 2 is 2.00 bits per heavy atom. The fourth-order valence-electron chi connectivity index (χ4n) is 3.78. The topological polar surface area (TPSA) is 65.1 Å². The fourth-order valence-corrected chi connectivity index (χ4v) is 3.78. The zero-order valence-corrected chi connectivity index (χ0v) is 13.6. The molecule has 0 aliphatic heterocycles. The van der Waals surface area contributed by atoms with E-state index in [1.807, 2.05) is 18.3 Å². The number of hydrogen-bond donors (Lipinski definition) is 3. The minimum Gasteiger partial charge on any atom is -0.396 e. The van der Waals surface area contributed by atoms with Gasteiger partial charge in [-0.2, -0.15) is 0 Å². The van der Waals surface area contributed by atoms with Crippen LogP contribution in [0.1, 0.15) is 37.7 Å². The molecule has 1 aliphatic carbocycles. The number of carbonyl (C=O) groups excluding carboxylic acids is 1. The summed E-state index contributed by atoms with van der Waals surface area (Å²) in [5.41, 5.74) is 2.38. The minimum absolute atomic E-state index is 0.121. The van der Waals surface area contributed by atoms with Crippen molar-refractivity contribution < 1.29 is 9.90 Å². The van der Waals surface area contributed by atoms with Crippen molar-refractivity contribution in [1.82, 2.24) is 10.3 Å². The number of H-pyrrole nitrogens is 1. The van der Waals surface area contributed by atoms with E-state index in [0.717, 1.165) is 24.8 Å². The lowest BCUT2D eigenvalue weighted by molar-refractivity contribution is -0.122. The Balaban J connectivity index is 1.47. The van der Waals surface area contributed by atoms with Crippen molar-refractivity contribution in [3.8, 4) is 0 Å². The number of aromatic amines is 1. The summed E-state index contributed by atoms with van der Waals surface area (Å²) in [6, 6.07) is 8.23. The molecule has 0 radical (unpaired) electrons. The first-order valence-corrected chi connectivity index (χ1v) is 8.70. The number of amides is 1. The standard InChI is InChI=1S/C19H26N2O2/c22-13-16-6-2-1-5-14(16)11-19(23)20-10-9-15-12-21-18-8-4-3-7-17(15)18/h3-4,7-8,12,14,16,21-22H,1-2,5-6,9-11,13H2,(H,20,23). The van der Waals surface area contributed by atoms with Crippen molar-refractivity contribution in [2.24, 2.45) is 11.8 Å². The minimum atomic E-state index is 0.121. The van der Waals surface area contributed by atoms with Gasteiger partial charge in [0.1, 0.15) is 0 Å². The number of carbonyl (C=O) groups is 1. The molecule has 0 saturated heterocycles. The maximum atomic E-state index is 12.2. The highest BCUT2D eigenvalue weighted by molar-refractivity contribution is 5.83. The Hall–Kier alpha value is -1.81. The Labute approximate surface area is 137 Å². The van der Waals surface area contributed by atoms with Crippen molar-refractivity contribution in [3.05, 3.63) is 36.0 Å². The van der Waals surface area contributed by atoms with Crippen molar-refractivity contribution >= 4 is 16.8 Å². The van der Waals surface area contributed by atoms with Gasteiger partial charge in [-0.15, -0.1) is 0 Å². The first kappa shape index (κ1) is 16.1. The summed E-state index contributed by atoms with van der Waals surface area (Å²) in [6.07, 6.45) is 7.92. The van der Waals surface area contributed by atoms with Crippen LogP contribution in [0.3, 0.4) is 0 Å². The Morgan fingerprint density at radius 1 is 1.22 bits per heavy atom. The third-order valence-corrected chi connectivity index (χ3v) is 5.14. The van der Waals surface area contributed by atoms with Gasteiger partial charge in [0.25, 0.3) is 0 Å². The first-order chi connectivity index (χ1) is 11.3. The lowest BCUT2D eigenvalue weighted by Gasteiger charge is -2.29. The Kier molecular flexibility index (Phi) is 5.34. The van der Waals surface area contributed by atoms with E-state index in [4.69, 9.17) is 0 Å². The fraction of sp³-hybridized carbons (Fsp3) is 0.526. The van der Waals surface area contributed by atoms with E-state index in [1.165, 1.54) is 23.8 Å². The number of fused-ring (bicyclic) bond motifs is 1. The second-order valence-corrected chi connectivity index (χ2v) is 6.65. The summed E-state index contributed by atoms with van der Waals surface area (Å²) < 4.78 is 0. The third kappa shape index (κ3) is 3.94. The summed E-state index contributed by atoms with van der Waals surface area (Å²) in [4.78, 5) is 15.4. The van der Waals surface area contributed by atoms with Gasteiger partial charge in [0, 0.05) is 36.7 Å². The molecule has 4 heteroatoms. The van der Waals surface area contributed by atoms with Gasteiger partial charge < -0.3 is 15.4 Å². The average Bonchev–Trinajstić information content (AvgIpc) is 2.99. The number of aliphatic hydroxyl groups excluding tert-OH is 1. The molecule has 3 N–H and O–H groups in total. The van der Waals surface area contributed by atoms with Crippen molar-refractivity contribution in [1.29, 1.82) is 0 Å². The quantitative estimate of drug-likeness (QED) is 0.767. The Bertz CT molecular complexity index is 650. The van der Waals surface area contributed by atoms with E-state index in [9.17, 15) is 9.90 Å². The predicted molar refractivity (Wildman–Crippen MR) is 92.2 cm³/mol. The van der Waals surface area contributed by atoms with Gasteiger partial charge in [-0.3, -0.25) is 4.79 Å². The zero-order valence-electron chi connectivity index (χ0n) is 13.6. The maximum absolute atomic E-state index is 12.2. The smallest absolute Gasteiger partial charge is 0.220 e. The summed E-state index contributed by atoms with van der Waals surface area (Å²) >= 11 is 0. The van der Waals surface area contributed by atoms with E-state index >= 15 is 0 Å². The van der Waals surface area contributed by atoms with E-state index < -0.39 is 0 Å². The van der Waals surface area contributed by atoms with Gasteiger partial charge >= 0.3 is 0 Å². The summed E-state index contributed by atoms with van der Waals surface area (Å²) in [6.45, 7) is 0.879. The van der Waals surface area contributed by atoms with Crippen molar-refractivity contribution in [2.45, 2.75) is 38.5 Å². The SMILES string of the molecule is O=C(CC1CCCCC1CO)NCCc1c[nH]c2ccccc12. The van der Waals surface area contributed by atoms with Gasteiger partial charge in [0.15, 0.2) is 0 Å². The van der Waals surface area contributed by atoms with Gasteiger partial charge in [0.05, 0.1) is 0 Å². The molecule has 1 saturated carbocycles. The van der Waals surface area contributed by atoms with Crippen molar-refractivity contribution in [2.75, 3.05) is 13.2 Å². The largest absolute Gasteiger partial charge is 0.396 e. The molecule has 1 fully saturated rings. The molecule has 1 aromatic heterocycles. The number of para-hydroxylation sites is 1. The number of benzene rings is 1. The van der Waals surface area contributed by atoms with Crippen LogP contribution in [0.5, 0.6) is 0 Å². The number of aromatic nitrogens is 1. The van der Waals surface area contributed by atoms with Gasteiger partial charge in [-0.1, -0.05) is 31.0 Å². The van der Waals surface area contributed by atoms with Gasteiger partial charge in [-0.25, -0.2) is 0 Å². The lowest BCUT2D eigenvalue weighted by atomic mass is 9.78. The highest BCUT2D eigenvalue weighted by Crippen LogP contribution is 2.31. The predicted octanol–water partition coefficient (Wildman–Crippen LogP) is 3.02. The van der Waals surface area contributed by atoms with Crippen LogP contribution < -0.4 is 5.32 Å². The molecule has 1 heterocycles. The van der Waals surface area contributed by atoms with Crippen LogP contribution >= 0.6 is 0 Å². The molecule has 0 bridgehead atoms. The normalized spacial score (nSPS) is 21.4. The molecule has 2 atom stereocenters. The number of hydrogen-bond acceptors (Lipinski definition) is 2. The van der Waals surface area contributed by atoms with Crippen LogP contribution in [0, 0.1) is 11.8 Å². The molecule has 124 valence electrons. The molecule has 1 aliphatic rings. The van der Waals surface area contributed by atoms with E-state index in [1.54, 1.807) is 0 Å². The summed E-state index contributed by atoms with van der Waals surface area (Å²) in [7, 11) is 0. The molecule has 23 heavy (non-hydrogen) atoms. The van der Waals surface area contributed by atoms with Crippen molar-refractivity contribution in [3.63, 3.8) is 0 Å². The summed E-state index contributed by atoms with van der Waals surface area (Å²) in [5, 5.41) is 13.7. The van der Waals surface area contributed by atoms with Crippen LogP contribution in [-0.4, -0.2) is 29.1 Å². The molecule has 2 aromatic rings. The zero-order chi connectivity index (χ0) is 16.1. The number of rotatable bonds is 6. The molecule has 1 aromatic carbocycles. The molecule has 4 nitrogen and oxygen atoms in total. The van der Waals surface area contributed by atoms with Crippen LogP contribution in [0.4, 0.5) is 0 Å². The molecule has 3 rings (SSSR count). The van der Waals surface area contributed by atoms with Crippen LogP contribution in [0.2, 0.25) is 0 Å². The Morgan fingerprint density at radius 3 is 2.83 bits per heavy atom. The van der Waals surface area contributed by atoms with Crippen LogP contribution in [-0.2, 0) is 11.2 Å². The maximum Gasteiger partial charge on any atom is 0.220 e.